The molecule has 4 aromatic rings. The van der Waals surface area contributed by atoms with Gasteiger partial charge in [0, 0.05) is 32.4 Å². The van der Waals surface area contributed by atoms with E-state index in [9.17, 15) is 4.79 Å². The van der Waals surface area contributed by atoms with E-state index in [-0.39, 0.29) is 11.9 Å². The highest BCUT2D eigenvalue weighted by Gasteiger charge is 2.24. The average molecular weight is 465 g/mol. The van der Waals surface area contributed by atoms with Crippen LogP contribution in [0.3, 0.4) is 0 Å². The summed E-state index contributed by atoms with van der Waals surface area (Å²) >= 11 is 3.17. The van der Waals surface area contributed by atoms with Crippen molar-refractivity contribution in [3.8, 4) is 11.5 Å². The lowest BCUT2D eigenvalue weighted by molar-refractivity contribution is 0.0997. The second kappa shape index (κ2) is 9.30. The molecule has 0 radical (unpaired) electrons. The fraction of sp³-hybridized carbons (Fsp3) is 0.280. The molecule has 0 amide bonds. The number of anilines is 1. The van der Waals surface area contributed by atoms with Crippen molar-refractivity contribution in [3.05, 3.63) is 71.1 Å². The number of thiophene rings is 1. The van der Waals surface area contributed by atoms with Crippen LogP contribution in [0.25, 0.3) is 9.53 Å². The Labute approximate surface area is 195 Å². The SMILES string of the molecule is COc1ccc(CC(=O)c2cc3sc(N4CCC(Oc5ccccc5)CC4)nc3s2)cc1. The predicted molar refractivity (Wildman–Crippen MR) is 131 cm³/mol. The Morgan fingerprint density at radius 2 is 1.78 bits per heavy atom. The van der Waals surface area contributed by atoms with Crippen LogP contribution < -0.4 is 14.4 Å². The van der Waals surface area contributed by atoms with Crippen LogP contribution in [0.1, 0.15) is 28.1 Å². The molecule has 2 aromatic carbocycles. The largest absolute Gasteiger partial charge is 0.497 e. The zero-order valence-corrected chi connectivity index (χ0v) is 19.5. The first-order valence-corrected chi connectivity index (χ1v) is 12.3. The van der Waals surface area contributed by atoms with Gasteiger partial charge in [-0.25, -0.2) is 4.98 Å². The van der Waals surface area contributed by atoms with Crippen molar-refractivity contribution in [2.24, 2.45) is 0 Å². The second-order valence-electron chi connectivity index (χ2n) is 7.84. The summed E-state index contributed by atoms with van der Waals surface area (Å²) in [5.41, 5.74) is 0.988. The van der Waals surface area contributed by atoms with Gasteiger partial charge in [-0.2, -0.15) is 0 Å². The fourth-order valence-corrected chi connectivity index (χ4v) is 6.07. The first-order chi connectivity index (χ1) is 15.7. The maximum Gasteiger partial charge on any atom is 0.187 e. The summed E-state index contributed by atoms with van der Waals surface area (Å²) in [4.78, 5) is 21.6. The van der Waals surface area contributed by atoms with Gasteiger partial charge in [0.2, 0.25) is 0 Å². The van der Waals surface area contributed by atoms with Crippen molar-refractivity contribution in [1.82, 2.24) is 4.98 Å². The van der Waals surface area contributed by atoms with Crippen LogP contribution in [0.5, 0.6) is 11.5 Å². The molecule has 5 rings (SSSR count). The Morgan fingerprint density at radius 1 is 1.03 bits per heavy atom. The van der Waals surface area contributed by atoms with E-state index in [1.165, 1.54) is 11.3 Å². The van der Waals surface area contributed by atoms with Crippen molar-refractivity contribution in [3.63, 3.8) is 0 Å². The molecule has 0 spiro atoms. The zero-order chi connectivity index (χ0) is 21.9. The van der Waals surface area contributed by atoms with Crippen LogP contribution in [0, 0.1) is 0 Å². The number of thiazole rings is 1. The Morgan fingerprint density at radius 3 is 2.47 bits per heavy atom. The van der Waals surface area contributed by atoms with Gasteiger partial charge in [0.1, 0.15) is 22.4 Å². The van der Waals surface area contributed by atoms with Crippen LogP contribution in [0.15, 0.2) is 60.7 Å². The number of ether oxygens (including phenoxy) is 2. The van der Waals surface area contributed by atoms with Gasteiger partial charge < -0.3 is 14.4 Å². The number of para-hydroxylation sites is 1. The van der Waals surface area contributed by atoms with Gasteiger partial charge in [-0.1, -0.05) is 41.7 Å². The molecule has 2 aromatic heterocycles. The number of carbonyl (C=O) groups excluding carboxylic acids is 1. The summed E-state index contributed by atoms with van der Waals surface area (Å²) in [5.74, 6) is 1.86. The van der Waals surface area contributed by atoms with E-state index in [0.29, 0.717) is 6.42 Å². The smallest absolute Gasteiger partial charge is 0.187 e. The Kier molecular flexibility index (Phi) is 6.10. The molecule has 0 atom stereocenters. The number of benzene rings is 2. The van der Waals surface area contributed by atoms with Gasteiger partial charge in [0.15, 0.2) is 10.9 Å². The van der Waals surface area contributed by atoms with E-state index in [1.54, 1.807) is 18.4 Å². The van der Waals surface area contributed by atoms with Crippen molar-refractivity contribution >= 4 is 43.1 Å². The number of methoxy groups -OCH3 is 1. The highest BCUT2D eigenvalue weighted by molar-refractivity contribution is 7.29. The van der Waals surface area contributed by atoms with Crippen molar-refractivity contribution in [2.75, 3.05) is 25.1 Å². The molecule has 3 heterocycles. The number of piperidine rings is 1. The van der Waals surface area contributed by atoms with Gasteiger partial charge in [0.05, 0.1) is 16.7 Å². The molecule has 5 nitrogen and oxygen atoms in total. The Bertz CT molecular complexity index is 1160. The standard InChI is InChI=1S/C25H24N2O3S2/c1-29-18-9-7-17(8-10-18)15-21(28)22-16-23-24(31-22)26-25(32-23)27-13-11-20(12-14-27)30-19-5-3-2-4-6-19/h2-10,16,20H,11-15H2,1H3. The molecule has 0 saturated carbocycles. The van der Waals surface area contributed by atoms with Gasteiger partial charge >= 0.3 is 0 Å². The lowest BCUT2D eigenvalue weighted by Gasteiger charge is -2.31. The van der Waals surface area contributed by atoms with E-state index in [0.717, 1.165) is 62.5 Å². The maximum absolute atomic E-state index is 12.7. The van der Waals surface area contributed by atoms with Crippen molar-refractivity contribution < 1.29 is 14.3 Å². The highest BCUT2D eigenvalue weighted by atomic mass is 32.1. The number of ketones is 1. The normalized spacial score (nSPS) is 14.6. The molecular formula is C25H24N2O3S2. The van der Waals surface area contributed by atoms with Gasteiger partial charge in [-0.05, 0) is 35.9 Å². The first kappa shape index (κ1) is 21.0. The number of rotatable bonds is 7. The molecule has 1 saturated heterocycles. The number of fused-ring (bicyclic) bond motifs is 1. The fourth-order valence-electron chi connectivity index (χ4n) is 3.87. The summed E-state index contributed by atoms with van der Waals surface area (Å²) in [7, 11) is 1.64. The maximum atomic E-state index is 12.7. The van der Waals surface area contributed by atoms with Crippen molar-refractivity contribution in [1.29, 1.82) is 0 Å². The summed E-state index contributed by atoms with van der Waals surface area (Å²) in [6, 6.07) is 19.7. The van der Waals surface area contributed by atoms with Gasteiger partial charge in [-0.3, -0.25) is 4.79 Å². The van der Waals surface area contributed by atoms with Crippen LogP contribution in [0.4, 0.5) is 5.13 Å². The Balaban J connectivity index is 1.20. The lowest BCUT2D eigenvalue weighted by atomic mass is 10.1. The van der Waals surface area contributed by atoms with Crippen LogP contribution in [0.2, 0.25) is 0 Å². The second-order valence-corrected chi connectivity index (χ2v) is 9.88. The minimum Gasteiger partial charge on any atom is -0.497 e. The number of hydrogen-bond acceptors (Lipinski definition) is 7. The minimum atomic E-state index is 0.130. The van der Waals surface area contributed by atoms with E-state index >= 15 is 0 Å². The molecule has 0 unspecified atom stereocenters. The summed E-state index contributed by atoms with van der Waals surface area (Å²) in [6.45, 7) is 1.86. The molecule has 164 valence electrons. The zero-order valence-electron chi connectivity index (χ0n) is 17.8. The molecular weight excluding hydrogens is 440 g/mol. The summed E-state index contributed by atoms with van der Waals surface area (Å²) < 4.78 is 12.4. The molecule has 0 bridgehead atoms. The van der Waals surface area contributed by atoms with Crippen LogP contribution in [-0.2, 0) is 6.42 Å². The molecule has 1 fully saturated rings. The number of Topliss-reactive ketones (excluding diaryl/α,β-unsaturated/α-hetero) is 1. The quantitative estimate of drug-likeness (QED) is 0.322. The first-order valence-electron chi connectivity index (χ1n) is 10.7. The number of nitrogens with zero attached hydrogens (tertiary/aromatic N) is 2. The van der Waals surface area contributed by atoms with Gasteiger partial charge in [0.25, 0.3) is 0 Å². The van der Waals surface area contributed by atoms with Gasteiger partial charge in [-0.15, -0.1) is 11.3 Å². The monoisotopic (exact) mass is 464 g/mol. The molecule has 1 aliphatic heterocycles. The predicted octanol–water partition coefficient (Wildman–Crippen LogP) is 5.84. The average Bonchev–Trinajstić information content (AvgIpc) is 3.41. The summed E-state index contributed by atoms with van der Waals surface area (Å²) in [5, 5.41) is 1.04. The van der Waals surface area contributed by atoms with Crippen molar-refractivity contribution in [2.45, 2.75) is 25.4 Å². The molecule has 0 N–H and O–H groups in total. The molecule has 1 aliphatic rings. The third kappa shape index (κ3) is 4.64. The molecule has 0 aliphatic carbocycles. The van der Waals surface area contributed by atoms with E-state index in [4.69, 9.17) is 14.5 Å². The van der Waals surface area contributed by atoms with E-state index < -0.39 is 0 Å². The topological polar surface area (TPSA) is 51.7 Å². The minimum absolute atomic E-state index is 0.130. The third-order valence-corrected chi connectivity index (χ3v) is 7.90. The van der Waals surface area contributed by atoms with E-state index in [1.807, 2.05) is 60.7 Å². The Hall–Kier alpha value is -2.90. The molecule has 7 heteroatoms. The summed E-state index contributed by atoms with van der Waals surface area (Å²) in [6.07, 6.45) is 2.60. The number of hydrogen-bond donors (Lipinski definition) is 0. The lowest BCUT2D eigenvalue weighted by Crippen LogP contribution is -2.38. The van der Waals surface area contributed by atoms with Crippen LogP contribution >= 0.6 is 22.7 Å². The number of aromatic nitrogens is 1. The highest BCUT2D eigenvalue weighted by Crippen LogP contribution is 2.36. The molecule has 32 heavy (non-hydrogen) atoms. The number of carbonyl (C=O) groups is 1. The third-order valence-electron chi connectivity index (χ3n) is 5.64. The van der Waals surface area contributed by atoms with E-state index in [2.05, 4.69) is 4.90 Å². The van der Waals surface area contributed by atoms with Crippen LogP contribution in [-0.4, -0.2) is 37.1 Å².